The molecule has 2 unspecified atom stereocenters. The fourth-order valence-corrected chi connectivity index (χ4v) is 2.90. The Kier molecular flexibility index (Phi) is 4.14. The summed E-state index contributed by atoms with van der Waals surface area (Å²) in [6.45, 7) is 0. The van der Waals surface area contributed by atoms with Gasteiger partial charge in [0.25, 0.3) is 5.91 Å². The number of nitrogens with one attached hydrogen (secondary N) is 2. The number of amides is 3. The van der Waals surface area contributed by atoms with Crippen molar-refractivity contribution in [3.8, 4) is 0 Å². The third kappa shape index (κ3) is 2.97. The first-order chi connectivity index (χ1) is 11.0. The molecule has 23 heavy (non-hydrogen) atoms. The highest BCUT2D eigenvalue weighted by Gasteiger charge is 2.52. The molecule has 6 nitrogen and oxygen atoms in total. The zero-order valence-corrected chi connectivity index (χ0v) is 13.6. The SMILES string of the molecule is O=C1NC(=O)C(Cc2ccccn2)(C(O)c2ccc(Br)cc2)N1. The molecule has 2 atom stereocenters. The molecule has 0 radical (unpaired) electrons. The molecule has 1 fully saturated rings. The molecule has 118 valence electrons. The lowest BCUT2D eigenvalue weighted by Crippen LogP contribution is -2.54. The maximum atomic E-state index is 12.4. The van der Waals surface area contributed by atoms with Gasteiger partial charge in [0.1, 0.15) is 6.10 Å². The number of benzene rings is 1. The normalized spacial score (nSPS) is 21.7. The maximum Gasteiger partial charge on any atom is 0.322 e. The molecule has 1 aromatic heterocycles. The van der Waals surface area contributed by atoms with E-state index in [1.165, 1.54) is 0 Å². The van der Waals surface area contributed by atoms with Crippen molar-refractivity contribution in [1.82, 2.24) is 15.6 Å². The van der Waals surface area contributed by atoms with Crippen molar-refractivity contribution in [3.05, 3.63) is 64.4 Å². The van der Waals surface area contributed by atoms with Crippen molar-refractivity contribution in [2.45, 2.75) is 18.1 Å². The number of hydrogen-bond donors (Lipinski definition) is 3. The van der Waals surface area contributed by atoms with Gasteiger partial charge in [0.05, 0.1) is 0 Å². The molecule has 0 bridgehead atoms. The van der Waals surface area contributed by atoms with E-state index in [4.69, 9.17) is 0 Å². The fourth-order valence-electron chi connectivity index (χ4n) is 2.64. The van der Waals surface area contributed by atoms with Gasteiger partial charge in [0.2, 0.25) is 0 Å². The van der Waals surface area contributed by atoms with Crippen molar-refractivity contribution < 1.29 is 14.7 Å². The average Bonchev–Trinajstić information content (AvgIpc) is 2.83. The second kappa shape index (κ2) is 6.10. The van der Waals surface area contributed by atoms with Gasteiger partial charge in [-0.2, -0.15) is 0 Å². The lowest BCUT2D eigenvalue weighted by Gasteiger charge is -2.31. The molecular formula is C16H14BrN3O3. The molecule has 3 rings (SSSR count). The zero-order chi connectivity index (χ0) is 16.4. The predicted molar refractivity (Wildman–Crippen MR) is 86.4 cm³/mol. The first-order valence-corrected chi connectivity index (χ1v) is 7.77. The van der Waals surface area contributed by atoms with Gasteiger partial charge in [-0.15, -0.1) is 0 Å². The quantitative estimate of drug-likeness (QED) is 0.709. The first-order valence-electron chi connectivity index (χ1n) is 6.98. The van der Waals surface area contributed by atoms with Crippen LogP contribution in [0.4, 0.5) is 4.79 Å². The van der Waals surface area contributed by atoms with E-state index in [9.17, 15) is 14.7 Å². The van der Waals surface area contributed by atoms with Crippen molar-refractivity contribution in [2.24, 2.45) is 0 Å². The smallest absolute Gasteiger partial charge is 0.322 e. The Morgan fingerprint density at radius 2 is 1.91 bits per heavy atom. The molecular weight excluding hydrogens is 362 g/mol. The van der Waals surface area contributed by atoms with Crippen LogP contribution in [0.2, 0.25) is 0 Å². The van der Waals surface area contributed by atoms with E-state index in [1.54, 1.807) is 48.7 Å². The summed E-state index contributed by atoms with van der Waals surface area (Å²) in [4.78, 5) is 28.3. The number of imide groups is 1. The predicted octanol–water partition coefficient (Wildman–Crippen LogP) is 1.70. The van der Waals surface area contributed by atoms with Crippen LogP contribution in [0.15, 0.2) is 53.1 Å². The molecule has 7 heteroatoms. The number of urea groups is 1. The lowest BCUT2D eigenvalue weighted by molar-refractivity contribution is -0.128. The van der Waals surface area contributed by atoms with Crippen LogP contribution < -0.4 is 10.6 Å². The fraction of sp³-hybridized carbons (Fsp3) is 0.188. The van der Waals surface area contributed by atoms with Gasteiger partial charge in [-0.25, -0.2) is 4.79 Å². The van der Waals surface area contributed by atoms with E-state index < -0.39 is 23.6 Å². The molecule has 2 aromatic rings. The van der Waals surface area contributed by atoms with Gasteiger partial charge in [0.15, 0.2) is 5.54 Å². The van der Waals surface area contributed by atoms with E-state index in [1.807, 2.05) is 0 Å². The topological polar surface area (TPSA) is 91.3 Å². The van der Waals surface area contributed by atoms with E-state index in [0.717, 1.165) is 4.47 Å². The number of pyridine rings is 1. The van der Waals surface area contributed by atoms with Crippen LogP contribution in [-0.2, 0) is 11.2 Å². The van der Waals surface area contributed by atoms with Crippen LogP contribution in [0, 0.1) is 0 Å². The number of aliphatic hydroxyl groups is 1. The highest BCUT2D eigenvalue weighted by Crippen LogP contribution is 2.32. The Balaban J connectivity index is 2.00. The third-order valence-corrected chi connectivity index (χ3v) is 4.34. The summed E-state index contributed by atoms with van der Waals surface area (Å²) in [6, 6.07) is 11.6. The highest BCUT2D eigenvalue weighted by molar-refractivity contribution is 9.10. The Hall–Kier alpha value is -2.25. The monoisotopic (exact) mass is 375 g/mol. The number of carbonyl (C=O) groups excluding carboxylic acids is 2. The van der Waals surface area contributed by atoms with Gasteiger partial charge in [0, 0.05) is 22.8 Å². The number of carbonyl (C=O) groups is 2. The van der Waals surface area contributed by atoms with E-state index >= 15 is 0 Å². The minimum atomic E-state index is -1.49. The number of hydrogen-bond acceptors (Lipinski definition) is 4. The van der Waals surface area contributed by atoms with Crippen molar-refractivity contribution >= 4 is 27.9 Å². The highest BCUT2D eigenvalue weighted by atomic mass is 79.9. The van der Waals surface area contributed by atoms with Gasteiger partial charge < -0.3 is 10.4 Å². The van der Waals surface area contributed by atoms with E-state index in [0.29, 0.717) is 11.3 Å². The summed E-state index contributed by atoms with van der Waals surface area (Å²) in [6.07, 6.45) is 0.482. The molecule has 3 N–H and O–H groups in total. The van der Waals surface area contributed by atoms with Crippen molar-refractivity contribution in [2.75, 3.05) is 0 Å². The third-order valence-electron chi connectivity index (χ3n) is 3.81. The molecule has 0 aliphatic carbocycles. The molecule has 1 saturated heterocycles. The van der Waals surface area contributed by atoms with Crippen molar-refractivity contribution in [1.29, 1.82) is 0 Å². The van der Waals surface area contributed by atoms with Crippen molar-refractivity contribution in [3.63, 3.8) is 0 Å². The summed E-state index contributed by atoms with van der Waals surface area (Å²) in [5.41, 5.74) is -0.360. The second-order valence-electron chi connectivity index (χ2n) is 5.33. The molecule has 1 aliphatic heterocycles. The van der Waals surface area contributed by atoms with E-state index in [-0.39, 0.29) is 6.42 Å². The molecule has 1 aliphatic rings. The molecule has 1 aromatic carbocycles. The Morgan fingerprint density at radius 1 is 1.17 bits per heavy atom. The van der Waals surface area contributed by atoms with Crippen LogP contribution in [0.3, 0.4) is 0 Å². The standard InChI is InChI=1S/C16H14BrN3O3/c17-11-6-4-10(5-7-11)13(21)16(14(22)19-15(23)20-16)9-12-3-1-2-8-18-12/h1-8,13,21H,9H2,(H2,19,20,22,23). The maximum absolute atomic E-state index is 12.4. The summed E-state index contributed by atoms with van der Waals surface area (Å²) >= 11 is 3.33. The van der Waals surface area contributed by atoms with Gasteiger partial charge >= 0.3 is 6.03 Å². The van der Waals surface area contributed by atoms with Crippen LogP contribution >= 0.6 is 15.9 Å². The van der Waals surface area contributed by atoms with Crippen LogP contribution in [0.5, 0.6) is 0 Å². The van der Waals surface area contributed by atoms with Gasteiger partial charge in [-0.05, 0) is 29.8 Å². The Labute approximate surface area is 141 Å². The van der Waals surface area contributed by atoms with E-state index in [2.05, 4.69) is 31.5 Å². The summed E-state index contributed by atoms with van der Waals surface area (Å²) in [5.74, 6) is -0.566. The summed E-state index contributed by atoms with van der Waals surface area (Å²) < 4.78 is 0.854. The Morgan fingerprint density at radius 3 is 2.48 bits per heavy atom. The number of aliphatic hydroxyl groups excluding tert-OH is 1. The number of aromatic nitrogens is 1. The number of halogens is 1. The second-order valence-corrected chi connectivity index (χ2v) is 6.25. The van der Waals surface area contributed by atoms with Crippen LogP contribution in [0.1, 0.15) is 17.4 Å². The lowest BCUT2D eigenvalue weighted by atomic mass is 9.83. The molecule has 3 amide bonds. The molecule has 0 saturated carbocycles. The number of rotatable bonds is 4. The number of nitrogens with zero attached hydrogens (tertiary/aromatic N) is 1. The summed E-state index contributed by atoms with van der Waals surface area (Å²) in [7, 11) is 0. The zero-order valence-electron chi connectivity index (χ0n) is 12.0. The minimum Gasteiger partial charge on any atom is -0.385 e. The van der Waals surface area contributed by atoms with Gasteiger partial charge in [-0.1, -0.05) is 34.1 Å². The Bertz CT molecular complexity index is 736. The minimum absolute atomic E-state index is 0.0860. The average molecular weight is 376 g/mol. The van der Waals surface area contributed by atoms with Gasteiger partial charge in [-0.3, -0.25) is 15.1 Å². The van der Waals surface area contributed by atoms with Crippen LogP contribution in [-0.4, -0.2) is 27.6 Å². The molecule has 0 spiro atoms. The molecule has 2 heterocycles. The van der Waals surface area contributed by atoms with Crippen LogP contribution in [0.25, 0.3) is 0 Å². The first kappa shape index (κ1) is 15.6. The largest absolute Gasteiger partial charge is 0.385 e. The summed E-state index contributed by atoms with van der Waals surface area (Å²) in [5, 5.41) is 15.6.